The Morgan fingerprint density at radius 1 is 1.10 bits per heavy atom. The van der Waals surface area contributed by atoms with Crippen LogP contribution in [-0.4, -0.2) is 18.5 Å². The molecule has 3 rings (SSSR count). The fourth-order valence-electron chi connectivity index (χ4n) is 2.67. The van der Waals surface area contributed by atoms with Gasteiger partial charge in [0.15, 0.2) is 0 Å². The maximum absolute atomic E-state index is 9.23. The van der Waals surface area contributed by atoms with Gasteiger partial charge in [-0.3, -0.25) is 4.90 Å². The summed E-state index contributed by atoms with van der Waals surface area (Å²) in [4.78, 5) is 4.12. The quantitative estimate of drug-likeness (QED) is 0.787. The van der Waals surface area contributed by atoms with E-state index in [4.69, 9.17) is 0 Å². The first kappa shape index (κ1) is 12.3. The van der Waals surface area contributed by atoms with Crippen LogP contribution in [0.1, 0.15) is 5.56 Å². The molecule has 0 bridgehead atoms. The molecule has 1 heterocycles. The highest BCUT2D eigenvalue weighted by Gasteiger charge is 2.26. The number of fused-ring (bicyclic) bond motifs is 1. The molecule has 98 valence electrons. The van der Waals surface area contributed by atoms with Crippen molar-refractivity contribution in [2.75, 3.05) is 18.5 Å². The van der Waals surface area contributed by atoms with E-state index in [0.29, 0.717) is 5.56 Å². The van der Waals surface area contributed by atoms with Crippen LogP contribution in [-0.2, 0) is 0 Å². The van der Waals surface area contributed by atoms with Crippen LogP contribution in [0.15, 0.2) is 61.1 Å². The van der Waals surface area contributed by atoms with Crippen molar-refractivity contribution in [3.05, 3.63) is 66.6 Å². The summed E-state index contributed by atoms with van der Waals surface area (Å²) in [5, 5.41) is 11.2. The van der Waals surface area contributed by atoms with E-state index in [0.717, 1.165) is 34.5 Å². The summed E-state index contributed by atoms with van der Waals surface area (Å²) in [7, 11) is 2.00. The van der Waals surface area contributed by atoms with Gasteiger partial charge in [-0.15, -0.1) is 0 Å². The van der Waals surface area contributed by atoms with Gasteiger partial charge in [-0.1, -0.05) is 37.4 Å². The van der Waals surface area contributed by atoms with E-state index in [-0.39, 0.29) is 0 Å². The summed E-state index contributed by atoms with van der Waals surface area (Å²) in [6.07, 6.45) is 0. The minimum Gasteiger partial charge on any atom is -0.355 e. The molecule has 0 aromatic heterocycles. The average molecular weight is 261 g/mol. The van der Waals surface area contributed by atoms with Crippen LogP contribution in [0.25, 0.3) is 10.8 Å². The number of anilines is 1. The standard InChI is InChI=1S/C17H15N3/c1-12-11-19(3)13(2)20(12)17-9-8-14(10-18)15-6-4-5-7-16(15)17/h4-9H,1-2,11H2,3H3. The zero-order valence-corrected chi connectivity index (χ0v) is 11.4. The van der Waals surface area contributed by atoms with Crippen molar-refractivity contribution in [3.8, 4) is 6.07 Å². The molecule has 0 unspecified atom stereocenters. The second-order valence-electron chi connectivity index (χ2n) is 4.96. The molecule has 0 N–H and O–H groups in total. The number of rotatable bonds is 1. The third-order valence-electron chi connectivity index (χ3n) is 3.70. The van der Waals surface area contributed by atoms with Crippen molar-refractivity contribution in [3.63, 3.8) is 0 Å². The van der Waals surface area contributed by atoms with Crippen molar-refractivity contribution < 1.29 is 0 Å². The summed E-state index contributed by atoms with van der Waals surface area (Å²) < 4.78 is 0. The number of likely N-dealkylation sites (N-methyl/N-ethyl adjacent to an activating group) is 1. The van der Waals surface area contributed by atoms with E-state index < -0.39 is 0 Å². The fourth-order valence-corrected chi connectivity index (χ4v) is 2.67. The highest BCUT2D eigenvalue weighted by molar-refractivity contribution is 5.99. The van der Waals surface area contributed by atoms with Crippen LogP contribution in [0.3, 0.4) is 0 Å². The largest absolute Gasteiger partial charge is 0.355 e. The predicted octanol–water partition coefficient (Wildman–Crippen LogP) is 3.45. The molecule has 1 aliphatic rings. The van der Waals surface area contributed by atoms with Crippen molar-refractivity contribution in [1.29, 1.82) is 5.26 Å². The second kappa shape index (κ2) is 4.43. The summed E-state index contributed by atoms with van der Waals surface area (Å²) in [5.41, 5.74) is 2.71. The van der Waals surface area contributed by atoms with Gasteiger partial charge >= 0.3 is 0 Å². The van der Waals surface area contributed by atoms with Crippen LogP contribution < -0.4 is 4.90 Å². The zero-order chi connectivity index (χ0) is 14.3. The van der Waals surface area contributed by atoms with E-state index in [2.05, 4.69) is 29.0 Å². The van der Waals surface area contributed by atoms with Gasteiger partial charge in [-0.25, -0.2) is 0 Å². The number of hydrogen-bond acceptors (Lipinski definition) is 3. The summed E-state index contributed by atoms with van der Waals surface area (Å²) in [6.45, 7) is 9.01. The lowest BCUT2D eigenvalue weighted by atomic mass is 10.0. The van der Waals surface area contributed by atoms with Crippen LogP contribution in [0.2, 0.25) is 0 Å². The van der Waals surface area contributed by atoms with Gasteiger partial charge in [-0.2, -0.15) is 5.26 Å². The van der Waals surface area contributed by atoms with Gasteiger partial charge in [0, 0.05) is 23.5 Å². The molecule has 1 fully saturated rings. The molecule has 0 aliphatic carbocycles. The minimum atomic E-state index is 0.688. The van der Waals surface area contributed by atoms with E-state index in [1.54, 1.807) is 0 Å². The Hall–Kier alpha value is -2.73. The van der Waals surface area contributed by atoms with Crippen LogP contribution >= 0.6 is 0 Å². The van der Waals surface area contributed by atoms with Crippen molar-refractivity contribution >= 4 is 16.5 Å². The monoisotopic (exact) mass is 261 g/mol. The first-order valence-electron chi connectivity index (χ1n) is 6.43. The normalized spacial score (nSPS) is 15.0. The van der Waals surface area contributed by atoms with Crippen LogP contribution in [0.5, 0.6) is 0 Å². The summed E-state index contributed by atoms with van der Waals surface area (Å²) in [6, 6.07) is 14.0. The molecule has 0 amide bonds. The average Bonchev–Trinajstić information content (AvgIpc) is 2.71. The Morgan fingerprint density at radius 3 is 2.40 bits per heavy atom. The molecule has 2 aromatic rings. The lowest BCUT2D eigenvalue weighted by Gasteiger charge is -2.23. The minimum absolute atomic E-state index is 0.688. The maximum atomic E-state index is 9.23. The summed E-state index contributed by atoms with van der Waals surface area (Å²) in [5.74, 6) is 0.907. The molecule has 3 heteroatoms. The van der Waals surface area contributed by atoms with Gasteiger partial charge < -0.3 is 4.90 Å². The Labute approximate surface area is 118 Å². The Bertz CT molecular complexity index is 767. The van der Waals surface area contributed by atoms with E-state index in [9.17, 15) is 5.26 Å². The van der Waals surface area contributed by atoms with Gasteiger partial charge in [0.1, 0.15) is 5.82 Å². The van der Waals surface area contributed by atoms with Crippen LogP contribution in [0.4, 0.5) is 5.69 Å². The second-order valence-corrected chi connectivity index (χ2v) is 4.96. The predicted molar refractivity (Wildman–Crippen MR) is 82.1 cm³/mol. The topological polar surface area (TPSA) is 30.3 Å². The molecule has 1 saturated heterocycles. The molecule has 0 spiro atoms. The fraction of sp³-hybridized carbons (Fsp3) is 0.118. The Balaban J connectivity index is 2.26. The lowest BCUT2D eigenvalue weighted by Crippen LogP contribution is -2.18. The van der Waals surface area contributed by atoms with E-state index >= 15 is 0 Å². The smallest absolute Gasteiger partial charge is 0.106 e. The molecule has 20 heavy (non-hydrogen) atoms. The summed E-state index contributed by atoms with van der Waals surface area (Å²) >= 11 is 0. The third-order valence-corrected chi connectivity index (χ3v) is 3.70. The third kappa shape index (κ3) is 1.66. The molecule has 1 aliphatic heterocycles. The molecular formula is C17H15N3. The van der Waals surface area contributed by atoms with Crippen molar-refractivity contribution in [2.24, 2.45) is 0 Å². The van der Waals surface area contributed by atoms with Gasteiger partial charge in [0.05, 0.1) is 23.9 Å². The first-order chi connectivity index (χ1) is 9.63. The number of nitriles is 1. The Kier molecular flexibility index (Phi) is 2.73. The lowest BCUT2D eigenvalue weighted by molar-refractivity contribution is 0.498. The number of nitrogens with zero attached hydrogens (tertiary/aromatic N) is 3. The van der Waals surface area contributed by atoms with Gasteiger partial charge in [-0.05, 0) is 12.1 Å². The molecule has 0 atom stereocenters. The highest BCUT2D eigenvalue weighted by atomic mass is 15.4. The molecule has 0 saturated carbocycles. The SMILES string of the molecule is C=C1CN(C)C(=C)N1c1ccc(C#N)c2ccccc12. The first-order valence-corrected chi connectivity index (χ1v) is 6.43. The molecule has 3 nitrogen and oxygen atoms in total. The molecule has 0 radical (unpaired) electrons. The molecular weight excluding hydrogens is 246 g/mol. The Morgan fingerprint density at radius 2 is 1.80 bits per heavy atom. The number of benzene rings is 2. The van der Waals surface area contributed by atoms with Gasteiger partial charge in [0.2, 0.25) is 0 Å². The molecule has 2 aromatic carbocycles. The highest BCUT2D eigenvalue weighted by Crippen LogP contribution is 2.36. The van der Waals surface area contributed by atoms with E-state index in [1.165, 1.54) is 0 Å². The van der Waals surface area contributed by atoms with Crippen LogP contribution in [0, 0.1) is 11.3 Å². The van der Waals surface area contributed by atoms with E-state index in [1.807, 2.05) is 43.4 Å². The van der Waals surface area contributed by atoms with Crippen molar-refractivity contribution in [2.45, 2.75) is 0 Å². The van der Waals surface area contributed by atoms with Crippen molar-refractivity contribution in [1.82, 2.24) is 4.90 Å². The van der Waals surface area contributed by atoms with Gasteiger partial charge in [0.25, 0.3) is 0 Å². The zero-order valence-electron chi connectivity index (χ0n) is 11.4. The maximum Gasteiger partial charge on any atom is 0.106 e. The number of hydrogen-bond donors (Lipinski definition) is 0.